The molecule has 0 heterocycles. The summed E-state index contributed by atoms with van der Waals surface area (Å²) < 4.78 is 23.2. The summed E-state index contributed by atoms with van der Waals surface area (Å²) in [5, 5.41) is 3.18. The Labute approximate surface area is 93.6 Å². The molecule has 0 saturated heterocycles. The predicted octanol–water partition coefficient (Wildman–Crippen LogP) is 1.59. The van der Waals surface area contributed by atoms with Crippen LogP contribution in [0.4, 0.5) is 0 Å². The van der Waals surface area contributed by atoms with Crippen LogP contribution >= 0.6 is 0 Å². The van der Waals surface area contributed by atoms with Crippen LogP contribution in [0.1, 0.15) is 39.0 Å². The van der Waals surface area contributed by atoms with Gasteiger partial charge in [-0.25, -0.2) is 8.42 Å². The van der Waals surface area contributed by atoms with E-state index in [1.54, 1.807) is 0 Å². The molecule has 15 heavy (non-hydrogen) atoms. The van der Waals surface area contributed by atoms with E-state index in [1.165, 1.54) is 19.3 Å². The van der Waals surface area contributed by atoms with E-state index < -0.39 is 9.84 Å². The summed E-state index contributed by atoms with van der Waals surface area (Å²) in [6.45, 7) is 2.89. The quantitative estimate of drug-likeness (QED) is 0.726. The van der Waals surface area contributed by atoms with Crippen LogP contribution in [0.5, 0.6) is 0 Å². The highest BCUT2D eigenvalue weighted by molar-refractivity contribution is 7.91. The first kappa shape index (κ1) is 13.0. The van der Waals surface area contributed by atoms with E-state index in [9.17, 15) is 8.42 Å². The maximum Gasteiger partial charge on any atom is 0.150 e. The molecule has 1 rings (SSSR count). The highest BCUT2D eigenvalue weighted by Gasteiger charge is 2.36. The molecule has 1 aliphatic rings. The molecule has 1 saturated carbocycles. The minimum atomic E-state index is -2.79. The first-order chi connectivity index (χ1) is 7.04. The molecule has 0 aromatic rings. The largest absolute Gasteiger partial charge is 0.319 e. The van der Waals surface area contributed by atoms with Crippen LogP contribution in [-0.4, -0.2) is 33.5 Å². The third kappa shape index (κ3) is 3.76. The Morgan fingerprint density at radius 3 is 2.33 bits per heavy atom. The van der Waals surface area contributed by atoms with Crippen LogP contribution in [0.25, 0.3) is 0 Å². The molecule has 1 fully saturated rings. The molecule has 0 amide bonds. The summed E-state index contributed by atoms with van der Waals surface area (Å²) in [7, 11) is -0.842. The lowest BCUT2D eigenvalue weighted by atomic mass is 9.67. The van der Waals surface area contributed by atoms with Gasteiger partial charge in [0.2, 0.25) is 0 Å². The van der Waals surface area contributed by atoms with Gasteiger partial charge < -0.3 is 5.32 Å². The lowest BCUT2D eigenvalue weighted by Gasteiger charge is -2.42. The molecular weight excluding hydrogens is 210 g/mol. The zero-order valence-corrected chi connectivity index (χ0v) is 10.7. The molecule has 1 N–H and O–H groups in total. The molecule has 0 bridgehead atoms. The Morgan fingerprint density at radius 2 is 1.93 bits per heavy atom. The van der Waals surface area contributed by atoms with Gasteiger partial charge in [0.05, 0.1) is 5.75 Å². The van der Waals surface area contributed by atoms with Crippen molar-refractivity contribution >= 4 is 9.84 Å². The minimum absolute atomic E-state index is 0.287. The normalized spacial score (nSPS) is 19.9. The average Bonchev–Trinajstić information content (AvgIpc) is 2.09. The van der Waals surface area contributed by atoms with Crippen molar-refractivity contribution in [3.05, 3.63) is 0 Å². The van der Waals surface area contributed by atoms with E-state index in [1.807, 2.05) is 14.0 Å². The minimum Gasteiger partial charge on any atom is -0.319 e. The second-order valence-corrected chi connectivity index (χ2v) is 7.09. The molecule has 0 radical (unpaired) electrons. The Bertz CT molecular complexity index is 281. The third-order valence-corrected chi connectivity index (χ3v) is 5.28. The maximum absolute atomic E-state index is 11.6. The summed E-state index contributed by atoms with van der Waals surface area (Å²) >= 11 is 0. The number of nitrogens with one attached hydrogen (secondary N) is 1. The fourth-order valence-corrected chi connectivity index (χ4v) is 3.92. The molecule has 4 heteroatoms. The molecule has 90 valence electrons. The van der Waals surface area contributed by atoms with Crippen molar-refractivity contribution in [3.8, 4) is 0 Å². The molecule has 0 spiro atoms. The third-order valence-electron chi connectivity index (χ3n) is 3.42. The predicted molar refractivity (Wildman–Crippen MR) is 63.8 cm³/mol. The summed E-state index contributed by atoms with van der Waals surface area (Å²) in [4.78, 5) is 0. The summed E-state index contributed by atoms with van der Waals surface area (Å²) in [5.41, 5.74) is 0.287. The van der Waals surface area contributed by atoms with E-state index in [0.29, 0.717) is 11.5 Å². The van der Waals surface area contributed by atoms with Crippen molar-refractivity contribution in [1.29, 1.82) is 0 Å². The van der Waals surface area contributed by atoms with Gasteiger partial charge in [-0.05, 0) is 38.1 Å². The molecular formula is C11H23NO2S. The highest BCUT2D eigenvalue weighted by atomic mass is 32.2. The van der Waals surface area contributed by atoms with Crippen LogP contribution in [0.3, 0.4) is 0 Å². The second kappa shape index (κ2) is 5.30. The van der Waals surface area contributed by atoms with Gasteiger partial charge in [-0.1, -0.05) is 13.3 Å². The Morgan fingerprint density at radius 1 is 1.27 bits per heavy atom. The second-order valence-electron chi connectivity index (χ2n) is 4.79. The van der Waals surface area contributed by atoms with Gasteiger partial charge in [0.25, 0.3) is 0 Å². The smallest absolute Gasteiger partial charge is 0.150 e. The van der Waals surface area contributed by atoms with Gasteiger partial charge >= 0.3 is 0 Å². The molecule has 0 unspecified atom stereocenters. The van der Waals surface area contributed by atoms with Crippen LogP contribution in [0.15, 0.2) is 0 Å². The average molecular weight is 233 g/mol. The fraction of sp³-hybridized carbons (Fsp3) is 1.00. The van der Waals surface area contributed by atoms with E-state index >= 15 is 0 Å². The number of hydrogen-bond donors (Lipinski definition) is 1. The first-order valence-electron chi connectivity index (χ1n) is 5.89. The number of sulfone groups is 1. The van der Waals surface area contributed by atoms with Crippen LogP contribution < -0.4 is 5.32 Å². The van der Waals surface area contributed by atoms with Crippen molar-refractivity contribution in [2.75, 3.05) is 25.1 Å². The van der Waals surface area contributed by atoms with Crippen molar-refractivity contribution in [1.82, 2.24) is 5.32 Å². The van der Waals surface area contributed by atoms with E-state index in [-0.39, 0.29) is 5.41 Å². The summed E-state index contributed by atoms with van der Waals surface area (Å²) in [5.74, 6) is 0.727. The van der Waals surface area contributed by atoms with Crippen LogP contribution in [0.2, 0.25) is 0 Å². The number of hydrogen-bond acceptors (Lipinski definition) is 3. The van der Waals surface area contributed by atoms with Crippen LogP contribution in [-0.2, 0) is 9.84 Å². The highest BCUT2D eigenvalue weighted by Crippen LogP contribution is 2.43. The number of rotatable bonds is 7. The van der Waals surface area contributed by atoms with E-state index in [4.69, 9.17) is 0 Å². The lowest BCUT2D eigenvalue weighted by Crippen LogP contribution is -2.40. The van der Waals surface area contributed by atoms with Crippen molar-refractivity contribution in [2.24, 2.45) is 5.41 Å². The monoisotopic (exact) mass is 233 g/mol. The molecule has 3 nitrogen and oxygen atoms in total. The zero-order valence-electron chi connectivity index (χ0n) is 9.88. The zero-order chi connectivity index (χ0) is 11.4. The molecule has 0 atom stereocenters. The summed E-state index contributed by atoms with van der Waals surface area (Å²) in [6, 6.07) is 0. The van der Waals surface area contributed by atoms with E-state index in [2.05, 4.69) is 5.32 Å². The van der Waals surface area contributed by atoms with Crippen molar-refractivity contribution in [2.45, 2.75) is 39.0 Å². The van der Waals surface area contributed by atoms with Gasteiger partial charge in [0.1, 0.15) is 9.84 Å². The topological polar surface area (TPSA) is 46.2 Å². The van der Waals surface area contributed by atoms with Crippen molar-refractivity contribution in [3.63, 3.8) is 0 Å². The fourth-order valence-electron chi connectivity index (χ4n) is 2.35. The van der Waals surface area contributed by atoms with E-state index in [0.717, 1.165) is 19.4 Å². The molecule has 0 aromatic carbocycles. The van der Waals surface area contributed by atoms with Gasteiger partial charge in [0.15, 0.2) is 0 Å². The van der Waals surface area contributed by atoms with Crippen molar-refractivity contribution < 1.29 is 8.42 Å². The molecule has 0 aliphatic heterocycles. The standard InChI is InChI=1S/C11H23NO2S/c1-3-8-15(13,14)9-7-11(10-12-2)5-4-6-11/h12H,3-10H2,1-2H3. The molecule has 1 aliphatic carbocycles. The first-order valence-corrected chi connectivity index (χ1v) is 7.71. The summed E-state index contributed by atoms with van der Waals surface area (Å²) in [6.07, 6.45) is 5.22. The van der Waals surface area contributed by atoms with Gasteiger partial charge in [-0.15, -0.1) is 0 Å². The Balaban J connectivity index is 2.41. The SMILES string of the molecule is CCCS(=O)(=O)CCC1(CNC)CCC1. The lowest BCUT2D eigenvalue weighted by molar-refractivity contribution is 0.128. The Kier molecular flexibility index (Phi) is 4.59. The van der Waals surface area contributed by atoms with Gasteiger partial charge in [0, 0.05) is 12.3 Å². The maximum atomic E-state index is 11.6. The van der Waals surface area contributed by atoms with Crippen LogP contribution in [0, 0.1) is 5.41 Å². The molecule has 0 aromatic heterocycles. The Hall–Kier alpha value is -0.0900. The van der Waals surface area contributed by atoms with Gasteiger partial charge in [-0.2, -0.15) is 0 Å². The van der Waals surface area contributed by atoms with Gasteiger partial charge in [-0.3, -0.25) is 0 Å².